The van der Waals surface area contributed by atoms with Crippen LogP contribution in [0.1, 0.15) is 24.5 Å². The van der Waals surface area contributed by atoms with Crippen LogP contribution in [0.2, 0.25) is 0 Å². The number of imidazole rings is 1. The van der Waals surface area contributed by atoms with Crippen LogP contribution in [0, 0.1) is 12.7 Å². The standard InChI is InChI=1S/C18H26FN5.HI/c1-3-21-18(22-8-4-11-24-12-10-20-14-24)23-9-7-16-5-6-17(19)13-15(16)2;/h5-6,10,12-14H,3-4,7-9,11H2,1-2H3,(H2,21,22,23);1H. The van der Waals surface area contributed by atoms with E-state index < -0.39 is 0 Å². The second kappa shape index (κ2) is 11.8. The first-order valence-electron chi connectivity index (χ1n) is 8.42. The van der Waals surface area contributed by atoms with E-state index in [9.17, 15) is 4.39 Å². The molecule has 1 aromatic carbocycles. The van der Waals surface area contributed by atoms with E-state index in [0.717, 1.165) is 56.1 Å². The predicted molar refractivity (Wildman–Crippen MR) is 111 cm³/mol. The molecule has 0 aliphatic heterocycles. The maximum atomic E-state index is 13.1. The lowest BCUT2D eigenvalue weighted by Crippen LogP contribution is -2.38. The molecule has 0 fully saturated rings. The van der Waals surface area contributed by atoms with Crippen molar-refractivity contribution in [2.45, 2.75) is 33.2 Å². The van der Waals surface area contributed by atoms with Crippen molar-refractivity contribution in [2.75, 3.05) is 19.6 Å². The summed E-state index contributed by atoms with van der Waals surface area (Å²) in [5.74, 6) is 0.639. The van der Waals surface area contributed by atoms with Gasteiger partial charge in [0.1, 0.15) is 5.82 Å². The molecule has 2 rings (SSSR count). The number of nitrogens with one attached hydrogen (secondary N) is 2. The number of hydrogen-bond donors (Lipinski definition) is 2. The number of aryl methyl sites for hydroxylation is 2. The van der Waals surface area contributed by atoms with Crippen molar-refractivity contribution in [3.05, 3.63) is 53.9 Å². The molecule has 0 bridgehead atoms. The average molecular weight is 459 g/mol. The average Bonchev–Trinajstić information content (AvgIpc) is 3.07. The number of nitrogens with zero attached hydrogens (tertiary/aromatic N) is 3. The first-order valence-corrected chi connectivity index (χ1v) is 8.42. The van der Waals surface area contributed by atoms with Crippen molar-refractivity contribution < 1.29 is 4.39 Å². The highest BCUT2D eigenvalue weighted by Crippen LogP contribution is 2.10. The molecule has 7 heteroatoms. The zero-order chi connectivity index (χ0) is 17.2. The number of benzene rings is 1. The summed E-state index contributed by atoms with van der Waals surface area (Å²) in [7, 11) is 0. The second-order valence-electron chi connectivity index (χ2n) is 5.66. The van der Waals surface area contributed by atoms with E-state index in [4.69, 9.17) is 0 Å². The van der Waals surface area contributed by atoms with Crippen molar-refractivity contribution >= 4 is 29.9 Å². The van der Waals surface area contributed by atoms with E-state index in [1.165, 1.54) is 6.07 Å². The van der Waals surface area contributed by atoms with E-state index in [1.54, 1.807) is 12.3 Å². The van der Waals surface area contributed by atoms with Gasteiger partial charge in [-0.1, -0.05) is 6.07 Å². The Morgan fingerprint density at radius 2 is 2.16 bits per heavy atom. The SMILES string of the molecule is CCNC(=NCCCn1ccnc1)NCCc1ccc(F)cc1C.I. The van der Waals surface area contributed by atoms with E-state index in [1.807, 2.05) is 37.0 Å². The minimum Gasteiger partial charge on any atom is -0.357 e. The van der Waals surface area contributed by atoms with Crippen molar-refractivity contribution in [1.29, 1.82) is 0 Å². The van der Waals surface area contributed by atoms with Gasteiger partial charge < -0.3 is 15.2 Å². The molecule has 0 spiro atoms. The molecule has 1 heterocycles. The van der Waals surface area contributed by atoms with Crippen LogP contribution < -0.4 is 10.6 Å². The van der Waals surface area contributed by atoms with Crippen molar-refractivity contribution in [3.63, 3.8) is 0 Å². The summed E-state index contributed by atoms with van der Waals surface area (Å²) in [5.41, 5.74) is 2.14. The van der Waals surface area contributed by atoms with Gasteiger partial charge >= 0.3 is 0 Å². The third-order valence-electron chi connectivity index (χ3n) is 3.74. The number of aliphatic imine (C=N–C) groups is 1. The van der Waals surface area contributed by atoms with Crippen LogP contribution in [-0.4, -0.2) is 35.1 Å². The Kier molecular flexibility index (Phi) is 10.1. The van der Waals surface area contributed by atoms with Crippen LogP contribution >= 0.6 is 24.0 Å². The summed E-state index contributed by atoms with van der Waals surface area (Å²) in [6.07, 6.45) is 7.36. The molecule has 25 heavy (non-hydrogen) atoms. The van der Waals surface area contributed by atoms with Crippen LogP contribution in [0.15, 0.2) is 41.9 Å². The zero-order valence-corrected chi connectivity index (χ0v) is 17.2. The number of halogens is 2. The van der Waals surface area contributed by atoms with Crippen molar-refractivity contribution in [1.82, 2.24) is 20.2 Å². The third-order valence-corrected chi connectivity index (χ3v) is 3.74. The molecule has 0 atom stereocenters. The van der Waals surface area contributed by atoms with E-state index in [2.05, 4.69) is 20.6 Å². The van der Waals surface area contributed by atoms with Gasteiger partial charge in [-0.05, 0) is 49.9 Å². The highest BCUT2D eigenvalue weighted by Gasteiger charge is 2.01. The Morgan fingerprint density at radius 1 is 1.32 bits per heavy atom. The summed E-state index contributed by atoms with van der Waals surface area (Å²) in [6, 6.07) is 4.93. The Labute approximate surface area is 166 Å². The van der Waals surface area contributed by atoms with Gasteiger partial charge in [-0.15, -0.1) is 24.0 Å². The Morgan fingerprint density at radius 3 is 2.84 bits per heavy atom. The number of hydrogen-bond acceptors (Lipinski definition) is 2. The zero-order valence-electron chi connectivity index (χ0n) is 14.8. The van der Waals surface area contributed by atoms with Crippen LogP contribution in [0.25, 0.3) is 0 Å². The van der Waals surface area contributed by atoms with Gasteiger partial charge in [-0.25, -0.2) is 9.37 Å². The normalized spacial score (nSPS) is 11.1. The molecule has 1 aromatic heterocycles. The lowest BCUT2D eigenvalue weighted by atomic mass is 10.1. The van der Waals surface area contributed by atoms with Gasteiger partial charge in [0.15, 0.2) is 5.96 Å². The molecule has 0 radical (unpaired) electrons. The lowest BCUT2D eigenvalue weighted by Gasteiger charge is -2.12. The van der Waals surface area contributed by atoms with Crippen LogP contribution in [0.4, 0.5) is 4.39 Å². The van der Waals surface area contributed by atoms with Gasteiger partial charge in [0.2, 0.25) is 0 Å². The monoisotopic (exact) mass is 459 g/mol. The summed E-state index contributed by atoms with van der Waals surface area (Å²) in [5, 5.41) is 6.58. The summed E-state index contributed by atoms with van der Waals surface area (Å²) in [6.45, 7) is 7.24. The van der Waals surface area contributed by atoms with Gasteiger partial charge in [0.25, 0.3) is 0 Å². The smallest absolute Gasteiger partial charge is 0.191 e. The van der Waals surface area contributed by atoms with Crippen LogP contribution in [-0.2, 0) is 13.0 Å². The molecule has 0 saturated heterocycles. The topological polar surface area (TPSA) is 54.2 Å². The summed E-state index contributed by atoms with van der Waals surface area (Å²) < 4.78 is 15.2. The molecule has 0 saturated carbocycles. The maximum Gasteiger partial charge on any atom is 0.191 e. The fourth-order valence-electron chi connectivity index (χ4n) is 2.46. The number of rotatable bonds is 8. The van der Waals surface area contributed by atoms with Gasteiger partial charge in [0.05, 0.1) is 6.33 Å². The molecule has 2 N–H and O–H groups in total. The quantitative estimate of drug-likeness (QED) is 0.276. The van der Waals surface area contributed by atoms with Gasteiger partial charge in [-0.2, -0.15) is 0 Å². The van der Waals surface area contributed by atoms with Crippen LogP contribution in [0.3, 0.4) is 0 Å². The Hall–Kier alpha value is -1.64. The largest absolute Gasteiger partial charge is 0.357 e. The fraction of sp³-hybridized carbons (Fsp3) is 0.444. The number of guanidine groups is 1. The first-order chi connectivity index (χ1) is 11.7. The molecule has 0 aliphatic carbocycles. The predicted octanol–water partition coefficient (Wildman–Crippen LogP) is 3.14. The maximum absolute atomic E-state index is 13.1. The molecule has 138 valence electrons. The summed E-state index contributed by atoms with van der Waals surface area (Å²) in [4.78, 5) is 8.61. The van der Waals surface area contributed by atoms with E-state index in [0.29, 0.717) is 0 Å². The Balaban J connectivity index is 0.00000312. The highest BCUT2D eigenvalue weighted by molar-refractivity contribution is 14.0. The third kappa shape index (κ3) is 7.85. The fourth-order valence-corrected chi connectivity index (χ4v) is 2.46. The molecule has 0 amide bonds. The second-order valence-corrected chi connectivity index (χ2v) is 5.66. The molecule has 0 aliphatic rings. The van der Waals surface area contributed by atoms with Gasteiger partial charge in [0, 0.05) is 38.6 Å². The molecule has 2 aromatic rings. The lowest BCUT2D eigenvalue weighted by molar-refractivity contribution is 0.625. The molecular weight excluding hydrogens is 432 g/mol. The minimum absolute atomic E-state index is 0. The van der Waals surface area contributed by atoms with Crippen molar-refractivity contribution in [2.24, 2.45) is 4.99 Å². The first kappa shape index (κ1) is 21.4. The summed E-state index contributed by atoms with van der Waals surface area (Å²) >= 11 is 0. The van der Waals surface area contributed by atoms with Crippen LogP contribution in [0.5, 0.6) is 0 Å². The van der Waals surface area contributed by atoms with E-state index >= 15 is 0 Å². The minimum atomic E-state index is -0.183. The Bertz CT molecular complexity index is 643. The highest BCUT2D eigenvalue weighted by atomic mass is 127. The molecule has 5 nitrogen and oxygen atoms in total. The number of aromatic nitrogens is 2. The molecule has 0 unspecified atom stereocenters. The molecular formula is C18H27FIN5. The van der Waals surface area contributed by atoms with Crippen molar-refractivity contribution in [3.8, 4) is 0 Å². The van der Waals surface area contributed by atoms with Gasteiger partial charge in [-0.3, -0.25) is 4.99 Å². The van der Waals surface area contributed by atoms with E-state index in [-0.39, 0.29) is 29.8 Å².